The second kappa shape index (κ2) is 5.76. The molecule has 0 radical (unpaired) electrons. The number of aliphatic hydroxyl groups is 2. The number of amides is 1. The van der Waals surface area contributed by atoms with Crippen LogP contribution >= 0.6 is 11.6 Å². The van der Waals surface area contributed by atoms with Gasteiger partial charge in [-0.1, -0.05) is 11.6 Å². The molecule has 0 aromatic heterocycles. The molecule has 0 heterocycles. The first-order valence-electron chi connectivity index (χ1n) is 4.91. The highest BCUT2D eigenvalue weighted by Crippen LogP contribution is 2.30. The van der Waals surface area contributed by atoms with Crippen molar-refractivity contribution in [2.24, 2.45) is 5.73 Å². The number of nitrogens with two attached hydrogens (primary N) is 1. The molecule has 7 nitrogen and oxygen atoms in total. The number of nitro benzene ring substituents is 1. The molecule has 0 saturated heterocycles. The molecule has 1 aromatic carbocycles. The van der Waals surface area contributed by atoms with Crippen LogP contribution in [0.5, 0.6) is 0 Å². The van der Waals surface area contributed by atoms with Crippen molar-refractivity contribution in [2.75, 3.05) is 0 Å². The van der Waals surface area contributed by atoms with Crippen LogP contribution in [-0.2, 0) is 4.79 Å². The Bertz CT molecular complexity index is 479. The molecule has 0 fully saturated rings. The van der Waals surface area contributed by atoms with Crippen molar-refractivity contribution in [1.29, 1.82) is 0 Å². The Hall–Kier alpha value is -1.70. The van der Waals surface area contributed by atoms with Crippen LogP contribution in [0.3, 0.4) is 0 Å². The van der Waals surface area contributed by atoms with E-state index in [2.05, 4.69) is 0 Å². The van der Waals surface area contributed by atoms with Crippen LogP contribution in [0, 0.1) is 10.1 Å². The lowest BCUT2D eigenvalue weighted by atomic mass is 10.0. The molecule has 0 spiro atoms. The molecule has 4 N–H and O–H groups in total. The number of nitrogens with zero attached hydrogens (tertiary/aromatic N) is 1. The molecular formula is C10H11ClN2O5. The number of aliphatic hydroxyl groups excluding tert-OH is 2. The van der Waals surface area contributed by atoms with Crippen LogP contribution in [0.1, 0.15) is 18.1 Å². The van der Waals surface area contributed by atoms with Crippen LogP contribution in [0.2, 0.25) is 5.02 Å². The minimum atomic E-state index is -1.59. The number of halogens is 1. The predicted octanol–water partition coefficient (Wildman–Crippen LogP) is 0.518. The third kappa shape index (κ3) is 3.39. The van der Waals surface area contributed by atoms with Crippen LogP contribution in [0.15, 0.2) is 18.2 Å². The number of carbonyl (C=O) groups excluding carboxylic acids is 1. The highest BCUT2D eigenvalue weighted by atomic mass is 35.5. The third-order valence-electron chi connectivity index (χ3n) is 2.28. The number of rotatable bonds is 5. The van der Waals surface area contributed by atoms with Gasteiger partial charge in [0, 0.05) is 11.1 Å². The topological polar surface area (TPSA) is 127 Å². The maximum atomic E-state index is 10.8. The number of benzene rings is 1. The Kier molecular flexibility index (Phi) is 4.60. The lowest BCUT2D eigenvalue weighted by Crippen LogP contribution is -2.26. The molecule has 0 aliphatic heterocycles. The van der Waals surface area contributed by atoms with E-state index in [0.717, 1.165) is 6.07 Å². The quantitative estimate of drug-likeness (QED) is 0.533. The van der Waals surface area contributed by atoms with Gasteiger partial charge in [0.2, 0.25) is 5.91 Å². The minimum absolute atomic E-state index is 0.127. The van der Waals surface area contributed by atoms with E-state index in [0.29, 0.717) is 0 Å². The van der Waals surface area contributed by atoms with Crippen molar-refractivity contribution in [2.45, 2.75) is 18.6 Å². The van der Waals surface area contributed by atoms with Crippen LogP contribution < -0.4 is 5.73 Å². The summed E-state index contributed by atoms with van der Waals surface area (Å²) in [4.78, 5) is 20.7. The fourth-order valence-electron chi connectivity index (χ4n) is 1.45. The zero-order chi connectivity index (χ0) is 13.9. The predicted molar refractivity (Wildman–Crippen MR) is 62.9 cm³/mol. The van der Waals surface area contributed by atoms with E-state index in [1.54, 1.807) is 0 Å². The lowest BCUT2D eigenvalue weighted by Gasteiger charge is -2.16. The van der Waals surface area contributed by atoms with Crippen molar-refractivity contribution in [3.63, 3.8) is 0 Å². The van der Waals surface area contributed by atoms with Gasteiger partial charge in [0.05, 0.1) is 23.0 Å². The molecule has 0 bridgehead atoms. The Balaban J connectivity index is 3.08. The molecule has 1 amide bonds. The summed E-state index contributed by atoms with van der Waals surface area (Å²) in [5, 5.41) is 30.2. The number of nitro groups is 1. The first-order valence-corrected chi connectivity index (χ1v) is 5.29. The van der Waals surface area contributed by atoms with E-state index in [1.165, 1.54) is 12.1 Å². The maximum absolute atomic E-state index is 10.8. The van der Waals surface area contributed by atoms with Gasteiger partial charge in [-0.3, -0.25) is 14.9 Å². The van der Waals surface area contributed by atoms with E-state index < -0.39 is 35.1 Å². The Morgan fingerprint density at radius 2 is 2.11 bits per heavy atom. The van der Waals surface area contributed by atoms with Gasteiger partial charge in [0.25, 0.3) is 5.69 Å². The monoisotopic (exact) mass is 274 g/mol. The van der Waals surface area contributed by atoms with Crippen molar-refractivity contribution in [1.82, 2.24) is 0 Å². The molecule has 2 atom stereocenters. The molecule has 98 valence electrons. The second-order valence-corrected chi connectivity index (χ2v) is 4.08. The molecule has 0 aliphatic rings. The highest BCUT2D eigenvalue weighted by Gasteiger charge is 2.27. The van der Waals surface area contributed by atoms with Crippen molar-refractivity contribution in [3.05, 3.63) is 38.9 Å². The number of hydrogen-bond acceptors (Lipinski definition) is 5. The molecule has 1 aromatic rings. The fraction of sp³-hybridized carbons (Fsp3) is 0.300. The molecule has 8 heteroatoms. The molecule has 18 heavy (non-hydrogen) atoms. The van der Waals surface area contributed by atoms with Gasteiger partial charge in [-0.25, -0.2) is 0 Å². The summed E-state index contributed by atoms with van der Waals surface area (Å²) in [5.74, 6) is -0.821. The molecule has 0 aliphatic carbocycles. The number of hydrogen-bond donors (Lipinski definition) is 3. The van der Waals surface area contributed by atoms with Gasteiger partial charge >= 0.3 is 0 Å². The SMILES string of the molecule is NC(=O)CC(O)C(O)c1ccc(Cl)cc1[N+](=O)[O-]. The Labute approximate surface area is 107 Å². The van der Waals surface area contributed by atoms with Gasteiger partial charge < -0.3 is 15.9 Å². The molecule has 0 saturated carbocycles. The van der Waals surface area contributed by atoms with Gasteiger partial charge in [-0.2, -0.15) is 0 Å². The minimum Gasteiger partial charge on any atom is -0.390 e. The van der Waals surface area contributed by atoms with Crippen LogP contribution in [0.25, 0.3) is 0 Å². The second-order valence-electron chi connectivity index (χ2n) is 3.64. The largest absolute Gasteiger partial charge is 0.390 e. The van der Waals surface area contributed by atoms with E-state index >= 15 is 0 Å². The average molecular weight is 275 g/mol. The van der Waals surface area contributed by atoms with Gasteiger partial charge in [0.15, 0.2) is 0 Å². The third-order valence-corrected chi connectivity index (χ3v) is 2.52. The van der Waals surface area contributed by atoms with Crippen molar-refractivity contribution < 1.29 is 19.9 Å². The first kappa shape index (κ1) is 14.4. The van der Waals surface area contributed by atoms with Crippen molar-refractivity contribution >= 4 is 23.2 Å². The van der Waals surface area contributed by atoms with E-state index in [-0.39, 0.29) is 10.6 Å². The molecule has 2 unspecified atom stereocenters. The number of primary amides is 1. The lowest BCUT2D eigenvalue weighted by molar-refractivity contribution is -0.386. The van der Waals surface area contributed by atoms with Gasteiger partial charge in [-0.15, -0.1) is 0 Å². The zero-order valence-electron chi connectivity index (χ0n) is 9.12. The summed E-state index contributed by atoms with van der Waals surface area (Å²) in [7, 11) is 0. The Morgan fingerprint density at radius 1 is 1.50 bits per heavy atom. The average Bonchev–Trinajstić information content (AvgIpc) is 2.26. The standard InChI is InChI=1S/C10H11ClN2O5/c11-5-1-2-6(7(3-5)13(17)18)10(16)8(14)4-9(12)15/h1-3,8,10,14,16H,4H2,(H2,12,15). The highest BCUT2D eigenvalue weighted by molar-refractivity contribution is 6.30. The molecule has 1 rings (SSSR count). The molecular weight excluding hydrogens is 264 g/mol. The van der Waals surface area contributed by atoms with E-state index in [4.69, 9.17) is 17.3 Å². The van der Waals surface area contributed by atoms with Gasteiger partial charge in [-0.05, 0) is 12.1 Å². The van der Waals surface area contributed by atoms with E-state index in [9.17, 15) is 25.1 Å². The van der Waals surface area contributed by atoms with Crippen LogP contribution in [-0.4, -0.2) is 27.1 Å². The summed E-state index contributed by atoms with van der Waals surface area (Å²) in [6.07, 6.45) is -3.60. The van der Waals surface area contributed by atoms with E-state index in [1.807, 2.05) is 0 Å². The normalized spacial score (nSPS) is 13.9. The summed E-state index contributed by atoms with van der Waals surface area (Å²) in [6.45, 7) is 0. The summed E-state index contributed by atoms with van der Waals surface area (Å²) >= 11 is 5.61. The maximum Gasteiger partial charge on any atom is 0.276 e. The summed E-state index contributed by atoms with van der Waals surface area (Å²) in [5.41, 5.74) is 4.31. The zero-order valence-corrected chi connectivity index (χ0v) is 9.87. The van der Waals surface area contributed by atoms with Crippen LogP contribution in [0.4, 0.5) is 5.69 Å². The first-order chi connectivity index (χ1) is 8.32. The number of carbonyl (C=O) groups is 1. The fourth-order valence-corrected chi connectivity index (χ4v) is 1.62. The Morgan fingerprint density at radius 3 is 2.61 bits per heavy atom. The van der Waals surface area contributed by atoms with Crippen molar-refractivity contribution in [3.8, 4) is 0 Å². The van der Waals surface area contributed by atoms with Gasteiger partial charge in [0.1, 0.15) is 6.10 Å². The smallest absolute Gasteiger partial charge is 0.276 e. The summed E-state index contributed by atoms with van der Waals surface area (Å²) in [6, 6.07) is 3.61. The summed E-state index contributed by atoms with van der Waals surface area (Å²) < 4.78 is 0.